The van der Waals surface area contributed by atoms with Crippen molar-refractivity contribution in [1.82, 2.24) is 4.90 Å². The van der Waals surface area contributed by atoms with Crippen molar-refractivity contribution in [3.8, 4) is 0 Å². The third-order valence-electron chi connectivity index (χ3n) is 5.50. The van der Waals surface area contributed by atoms with Crippen molar-refractivity contribution >= 4 is 23.6 Å². The van der Waals surface area contributed by atoms with E-state index in [-0.39, 0.29) is 12.5 Å². The second-order valence-corrected chi connectivity index (χ2v) is 7.26. The Kier molecular flexibility index (Phi) is 4.54. The van der Waals surface area contributed by atoms with Gasteiger partial charge in [0.15, 0.2) is 0 Å². The van der Waals surface area contributed by atoms with Crippen LogP contribution in [-0.2, 0) is 15.0 Å². The van der Waals surface area contributed by atoms with Crippen LogP contribution in [0, 0.1) is 0 Å². The number of rotatable bonds is 5. The van der Waals surface area contributed by atoms with E-state index in [1.807, 2.05) is 42.5 Å². The SMILES string of the molecule is NC(=O)CN1C(=O)[C@@]2(CCN(C/C=C/c3ccccc3)C2)c2ccccc21. The average Bonchev–Trinajstić information content (AvgIpc) is 3.20. The zero-order valence-electron chi connectivity index (χ0n) is 15.2. The van der Waals surface area contributed by atoms with Crippen LogP contribution < -0.4 is 10.6 Å². The molecule has 2 heterocycles. The summed E-state index contributed by atoms with van der Waals surface area (Å²) >= 11 is 0. The molecule has 138 valence electrons. The van der Waals surface area contributed by atoms with Gasteiger partial charge in [-0.1, -0.05) is 60.7 Å². The van der Waals surface area contributed by atoms with E-state index >= 15 is 0 Å². The van der Waals surface area contributed by atoms with Crippen molar-refractivity contribution in [3.05, 3.63) is 71.8 Å². The molecule has 2 N–H and O–H groups in total. The van der Waals surface area contributed by atoms with Crippen molar-refractivity contribution in [1.29, 1.82) is 0 Å². The molecule has 5 heteroatoms. The number of carbonyl (C=O) groups is 2. The number of nitrogens with two attached hydrogens (primary N) is 1. The lowest BCUT2D eigenvalue weighted by Gasteiger charge is -2.24. The van der Waals surface area contributed by atoms with Crippen LogP contribution in [0.2, 0.25) is 0 Å². The number of amides is 2. The van der Waals surface area contributed by atoms with Crippen LogP contribution in [0.4, 0.5) is 5.69 Å². The normalized spacial score (nSPS) is 22.1. The highest BCUT2D eigenvalue weighted by Crippen LogP contribution is 2.47. The van der Waals surface area contributed by atoms with Crippen molar-refractivity contribution in [2.75, 3.05) is 31.1 Å². The van der Waals surface area contributed by atoms with Gasteiger partial charge in [-0.15, -0.1) is 0 Å². The lowest BCUT2D eigenvalue weighted by atomic mass is 9.81. The number of likely N-dealkylation sites (tertiary alicyclic amines) is 1. The largest absolute Gasteiger partial charge is 0.368 e. The summed E-state index contributed by atoms with van der Waals surface area (Å²) in [5.74, 6) is -0.493. The fourth-order valence-electron chi connectivity index (χ4n) is 4.25. The minimum atomic E-state index is -0.563. The zero-order chi connectivity index (χ0) is 18.9. The molecular weight excluding hydrogens is 338 g/mol. The van der Waals surface area contributed by atoms with Gasteiger partial charge in [0.05, 0.1) is 5.41 Å². The molecule has 0 unspecified atom stereocenters. The molecule has 0 aliphatic carbocycles. The van der Waals surface area contributed by atoms with Crippen molar-refractivity contribution < 1.29 is 9.59 Å². The predicted molar refractivity (Wildman–Crippen MR) is 106 cm³/mol. The molecule has 0 aromatic heterocycles. The Bertz CT molecular complexity index is 893. The summed E-state index contributed by atoms with van der Waals surface area (Å²) in [6, 6.07) is 18.0. The minimum absolute atomic E-state index is 0.00274. The molecule has 2 aromatic carbocycles. The smallest absolute Gasteiger partial charge is 0.239 e. The number of para-hydroxylation sites is 1. The van der Waals surface area contributed by atoms with E-state index in [1.54, 1.807) is 4.90 Å². The Labute approximate surface area is 159 Å². The Morgan fingerprint density at radius 3 is 2.63 bits per heavy atom. The number of primary amides is 1. The van der Waals surface area contributed by atoms with Crippen molar-refractivity contribution in [2.45, 2.75) is 11.8 Å². The summed E-state index contributed by atoms with van der Waals surface area (Å²) in [6.07, 6.45) is 5.01. The molecule has 0 bridgehead atoms. The van der Waals surface area contributed by atoms with Crippen LogP contribution in [0.25, 0.3) is 6.08 Å². The Morgan fingerprint density at radius 1 is 1.11 bits per heavy atom. The Balaban J connectivity index is 1.53. The van der Waals surface area contributed by atoms with E-state index in [4.69, 9.17) is 5.73 Å². The van der Waals surface area contributed by atoms with E-state index in [2.05, 4.69) is 29.2 Å². The summed E-state index contributed by atoms with van der Waals surface area (Å²) in [7, 11) is 0. The van der Waals surface area contributed by atoms with Gasteiger partial charge in [0.2, 0.25) is 11.8 Å². The van der Waals surface area contributed by atoms with E-state index < -0.39 is 11.3 Å². The molecule has 1 saturated heterocycles. The molecule has 2 amide bonds. The van der Waals surface area contributed by atoms with Gasteiger partial charge in [-0.05, 0) is 30.2 Å². The Morgan fingerprint density at radius 2 is 1.85 bits per heavy atom. The number of hydrogen-bond acceptors (Lipinski definition) is 3. The molecule has 2 aromatic rings. The van der Waals surface area contributed by atoms with Crippen LogP contribution in [0.5, 0.6) is 0 Å². The second-order valence-electron chi connectivity index (χ2n) is 7.26. The molecule has 27 heavy (non-hydrogen) atoms. The monoisotopic (exact) mass is 361 g/mol. The van der Waals surface area contributed by atoms with Gasteiger partial charge in [-0.2, -0.15) is 0 Å². The van der Waals surface area contributed by atoms with E-state index in [0.29, 0.717) is 6.54 Å². The van der Waals surface area contributed by atoms with Crippen LogP contribution in [0.1, 0.15) is 17.5 Å². The molecule has 1 atom stereocenters. The van der Waals surface area contributed by atoms with E-state index in [9.17, 15) is 9.59 Å². The second kappa shape index (κ2) is 7.00. The molecule has 1 fully saturated rings. The van der Waals surface area contributed by atoms with Gasteiger partial charge in [0.1, 0.15) is 6.54 Å². The van der Waals surface area contributed by atoms with Gasteiger partial charge in [-0.3, -0.25) is 14.5 Å². The zero-order valence-corrected chi connectivity index (χ0v) is 15.2. The number of anilines is 1. The summed E-state index contributed by atoms with van der Waals surface area (Å²) in [4.78, 5) is 28.5. The highest BCUT2D eigenvalue weighted by molar-refractivity contribution is 6.11. The Hall–Kier alpha value is -2.92. The van der Waals surface area contributed by atoms with Gasteiger partial charge in [0.25, 0.3) is 0 Å². The lowest BCUT2D eigenvalue weighted by Crippen LogP contribution is -2.45. The first-order chi connectivity index (χ1) is 13.1. The van der Waals surface area contributed by atoms with Gasteiger partial charge < -0.3 is 10.6 Å². The summed E-state index contributed by atoms with van der Waals surface area (Å²) in [5, 5.41) is 0. The fraction of sp³-hybridized carbons (Fsp3) is 0.273. The number of hydrogen-bond donors (Lipinski definition) is 1. The first-order valence-corrected chi connectivity index (χ1v) is 9.24. The number of carbonyl (C=O) groups excluding carboxylic acids is 2. The number of benzene rings is 2. The third-order valence-corrected chi connectivity index (χ3v) is 5.50. The number of nitrogens with zero attached hydrogens (tertiary/aromatic N) is 2. The van der Waals surface area contributed by atoms with Crippen LogP contribution in [0.3, 0.4) is 0 Å². The first kappa shape index (κ1) is 17.5. The van der Waals surface area contributed by atoms with Crippen LogP contribution in [0.15, 0.2) is 60.7 Å². The summed E-state index contributed by atoms with van der Waals surface area (Å²) < 4.78 is 0. The van der Waals surface area contributed by atoms with Gasteiger partial charge >= 0.3 is 0 Å². The molecule has 5 nitrogen and oxygen atoms in total. The van der Waals surface area contributed by atoms with E-state index in [0.717, 1.165) is 30.8 Å². The van der Waals surface area contributed by atoms with E-state index in [1.165, 1.54) is 5.56 Å². The maximum atomic E-state index is 13.2. The molecule has 0 saturated carbocycles. The van der Waals surface area contributed by atoms with Crippen LogP contribution >= 0.6 is 0 Å². The molecule has 0 radical (unpaired) electrons. The van der Waals surface area contributed by atoms with Gasteiger partial charge in [0, 0.05) is 18.8 Å². The molecule has 1 spiro atoms. The molecule has 4 rings (SSSR count). The van der Waals surface area contributed by atoms with Crippen LogP contribution in [-0.4, -0.2) is 42.9 Å². The highest BCUT2D eigenvalue weighted by atomic mass is 16.2. The maximum Gasteiger partial charge on any atom is 0.239 e. The average molecular weight is 361 g/mol. The maximum absolute atomic E-state index is 13.2. The lowest BCUT2D eigenvalue weighted by molar-refractivity contribution is -0.125. The third kappa shape index (κ3) is 3.15. The molecule has 2 aliphatic heterocycles. The predicted octanol–water partition coefficient (Wildman–Crippen LogP) is 2.18. The summed E-state index contributed by atoms with van der Waals surface area (Å²) in [5.41, 5.74) is 7.82. The number of fused-ring (bicyclic) bond motifs is 2. The van der Waals surface area contributed by atoms with Crippen molar-refractivity contribution in [2.24, 2.45) is 5.73 Å². The first-order valence-electron chi connectivity index (χ1n) is 9.24. The fourth-order valence-corrected chi connectivity index (χ4v) is 4.25. The standard InChI is InChI=1S/C22H23N3O2/c23-20(26)15-25-19-11-5-4-10-18(19)22(21(25)27)12-14-24(16-22)13-6-9-17-7-2-1-3-8-17/h1-11H,12-16H2,(H2,23,26)/b9-6+/t22-/m1/s1. The van der Waals surface area contributed by atoms with Gasteiger partial charge in [-0.25, -0.2) is 0 Å². The quantitative estimate of drug-likeness (QED) is 0.888. The minimum Gasteiger partial charge on any atom is -0.368 e. The highest BCUT2D eigenvalue weighted by Gasteiger charge is 2.54. The topological polar surface area (TPSA) is 66.6 Å². The summed E-state index contributed by atoms with van der Waals surface area (Å²) in [6.45, 7) is 2.24. The molecular formula is C22H23N3O2. The molecule has 2 aliphatic rings. The van der Waals surface area contributed by atoms with Crippen molar-refractivity contribution in [3.63, 3.8) is 0 Å².